The number of nitrogens with one attached hydrogen (secondary N) is 2. The first-order chi connectivity index (χ1) is 18.9. The monoisotopic (exact) mass is 553 g/mol. The summed E-state index contributed by atoms with van der Waals surface area (Å²) >= 11 is 0. The van der Waals surface area contributed by atoms with E-state index in [1.165, 1.54) is 13.1 Å². The Bertz CT molecular complexity index is 1300. The summed E-state index contributed by atoms with van der Waals surface area (Å²) in [6.45, 7) is 10.4. The number of phenols is 1. The topological polar surface area (TPSA) is 138 Å². The van der Waals surface area contributed by atoms with Gasteiger partial charge in [-0.15, -0.1) is 0 Å². The van der Waals surface area contributed by atoms with Crippen molar-refractivity contribution in [3.8, 4) is 17.2 Å². The lowest BCUT2D eigenvalue weighted by atomic mass is 9.84. The molecule has 0 radical (unpaired) electrons. The van der Waals surface area contributed by atoms with Crippen LogP contribution < -0.4 is 14.8 Å². The maximum absolute atomic E-state index is 13.5. The van der Waals surface area contributed by atoms with Gasteiger partial charge in [0, 0.05) is 36.7 Å². The van der Waals surface area contributed by atoms with Crippen molar-refractivity contribution in [1.29, 1.82) is 5.41 Å². The number of fused-ring (bicyclic) bond motifs is 1. The molecule has 1 aliphatic rings. The van der Waals surface area contributed by atoms with Crippen LogP contribution in [0.4, 0.5) is 0 Å². The highest BCUT2D eigenvalue weighted by atomic mass is 16.5. The summed E-state index contributed by atoms with van der Waals surface area (Å²) in [4.78, 5) is 39.2. The average molecular weight is 554 g/mol. The lowest BCUT2D eigenvalue weighted by Crippen LogP contribution is -2.30. The fraction of sp³-hybridized carbons (Fsp3) is 0.467. The lowest BCUT2D eigenvalue weighted by Gasteiger charge is -2.24. The summed E-state index contributed by atoms with van der Waals surface area (Å²) in [7, 11) is 1.53. The van der Waals surface area contributed by atoms with Gasteiger partial charge in [0.1, 0.15) is 11.6 Å². The number of nitrogens with zero attached hydrogens (tertiary/aromatic N) is 1. The molecule has 0 unspecified atom stereocenters. The molecule has 40 heavy (non-hydrogen) atoms. The van der Waals surface area contributed by atoms with E-state index in [1.54, 1.807) is 30.0 Å². The number of ether oxygens (including phenoxy) is 3. The average Bonchev–Trinajstić information content (AvgIpc) is 3.19. The Labute approximate surface area is 235 Å². The van der Waals surface area contributed by atoms with E-state index in [4.69, 9.17) is 19.6 Å². The van der Waals surface area contributed by atoms with Gasteiger partial charge in [-0.05, 0) is 55.5 Å². The van der Waals surface area contributed by atoms with Gasteiger partial charge in [0.2, 0.25) is 0 Å². The van der Waals surface area contributed by atoms with E-state index < -0.39 is 5.41 Å². The lowest BCUT2D eigenvalue weighted by molar-refractivity contribution is -0.143. The third kappa shape index (κ3) is 6.91. The summed E-state index contributed by atoms with van der Waals surface area (Å²) < 4.78 is 16.4. The van der Waals surface area contributed by atoms with Crippen molar-refractivity contribution >= 4 is 23.5 Å². The first-order valence-electron chi connectivity index (χ1n) is 13.5. The van der Waals surface area contributed by atoms with Gasteiger partial charge >= 0.3 is 5.97 Å². The van der Waals surface area contributed by atoms with Crippen LogP contribution in [0.2, 0.25) is 0 Å². The number of hydrogen-bond acceptors (Lipinski definition) is 8. The van der Waals surface area contributed by atoms with Crippen molar-refractivity contribution in [1.82, 2.24) is 10.2 Å². The number of rotatable bonds is 12. The zero-order valence-corrected chi connectivity index (χ0v) is 24.1. The summed E-state index contributed by atoms with van der Waals surface area (Å²) in [5.41, 5.74) is 2.11. The molecule has 3 rings (SSSR count). The van der Waals surface area contributed by atoms with Gasteiger partial charge in [-0.3, -0.25) is 19.8 Å². The molecule has 0 saturated carbocycles. The molecule has 0 aliphatic carbocycles. The molecule has 216 valence electrons. The standard InChI is InChI=1S/C30H39N3O7/c1-7-38-24-14-19-16-33(28(31)20(19)15-21(24)29(37)32-6)17-23(34)18-12-22(30(3,4)5)27(36)25(13-18)40-11-9-10-26(35)39-8-2/h12-15,31,36H,7-11,16-17H2,1-6H3,(H,32,37). The van der Waals surface area contributed by atoms with Gasteiger partial charge in [0.05, 0.1) is 31.9 Å². The number of carbonyl (C=O) groups excluding carboxylic acids is 3. The minimum absolute atomic E-state index is 0.0494. The van der Waals surface area contributed by atoms with Crippen LogP contribution in [-0.4, -0.2) is 66.9 Å². The van der Waals surface area contributed by atoms with Crippen LogP contribution in [0.15, 0.2) is 24.3 Å². The summed E-state index contributed by atoms with van der Waals surface area (Å²) in [6, 6.07) is 6.54. The Morgan fingerprint density at radius 2 is 1.77 bits per heavy atom. The summed E-state index contributed by atoms with van der Waals surface area (Å²) in [6.07, 6.45) is 0.579. The second kappa shape index (κ2) is 12.8. The molecule has 10 heteroatoms. The second-order valence-electron chi connectivity index (χ2n) is 10.5. The molecule has 2 aromatic rings. The molecule has 1 amide bonds. The van der Waals surface area contributed by atoms with Gasteiger partial charge < -0.3 is 29.5 Å². The Morgan fingerprint density at radius 1 is 1.05 bits per heavy atom. The molecular weight excluding hydrogens is 514 g/mol. The number of Topliss-reactive ketones (excluding diaryl/α,β-unsaturated/α-hetero) is 1. The fourth-order valence-electron chi connectivity index (χ4n) is 4.50. The van der Waals surface area contributed by atoms with E-state index in [-0.39, 0.29) is 54.6 Å². The molecule has 0 fully saturated rings. The molecule has 3 N–H and O–H groups in total. The third-order valence-corrected chi connectivity index (χ3v) is 6.54. The van der Waals surface area contributed by atoms with Crippen molar-refractivity contribution in [2.75, 3.05) is 33.4 Å². The SMILES string of the molecule is CCOC(=O)CCCOc1cc(C(=O)CN2Cc3cc(OCC)c(C(=O)NC)cc3C2=N)cc(C(C)(C)C)c1O. The third-order valence-electron chi connectivity index (χ3n) is 6.54. The van der Waals surface area contributed by atoms with Crippen molar-refractivity contribution in [2.24, 2.45) is 0 Å². The predicted molar refractivity (Wildman–Crippen MR) is 151 cm³/mol. The largest absolute Gasteiger partial charge is 0.504 e. The Kier molecular flexibility index (Phi) is 9.78. The Morgan fingerprint density at radius 3 is 2.40 bits per heavy atom. The molecule has 0 aromatic heterocycles. The second-order valence-corrected chi connectivity index (χ2v) is 10.5. The minimum Gasteiger partial charge on any atom is -0.504 e. The molecule has 0 spiro atoms. The zero-order chi connectivity index (χ0) is 29.6. The van der Waals surface area contributed by atoms with Crippen molar-refractivity contribution in [2.45, 2.75) is 59.4 Å². The smallest absolute Gasteiger partial charge is 0.305 e. The highest BCUT2D eigenvalue weighted by Gasteiger charge is 2.30. The van der Waals surface area contributed by atoms with E-state index >= 15 is 0 Å². The van der Waals surface area contributed by atoms with E-state index in [1.807, 2.05) is 27.7 Å². The zero-order valence-electron chi connectivity index (χ0n) is 24.1. The first kappa shape index (κ1) is 30.5. The molecule has 1 aliphatic heterocycles. The quantitative estimate of drug-likeness (QED) is 0.202. The van der Waals surface area contributed by atoms with E-state index in [9.17, 15) is 19.5 Å². The highest BCUT2D eigenvalue weighted by molar-refractivity contribution is 6.07. The van der Waals surface area contributed by atoms with Crippen LogP contribution in [0.5, 0.6) is 17.2 Å². The molecule has 0 saturated heterocycles. The number of aromatic hydroxyl groups is 1. The number of amides is 1. The van der Waals surface area contributed by atoms with Crippen LogP contribution in [-0.2, 0) is 21.5 Å². The van der Waals surface area contributed by atoms with Crippen LogP contribution in [0.3, 0.4) is 0 Å². The van der Waals surface area contributed by atoms with Crippen molar-refractivity contribution in [3.05, 3.63) is 52.1 Å². The number of benzene rings is 2. The molecule has 0 bridgehead atoms. The summed E-state index contributed by atoms with van der Waals surface area (Å²) in [5, 5.41) is 22.2. The maximum atomic E-state index is 13.5. The van der Waals surface area contributed by atoms with Crippen molar-refractivity contribution in [3.63, 3.8) is 0 Å². The predicted octanol–water partition coefficient (Wildman–Crippen LogP) is 4.19. The number of amidine groups is 1. The number of esters is 1. The van der Waals surface area contributed by atoms with Gasteiger partial charge in [-0.2, -0.15) is 0 Å². The number of hydrogen-bond donors (Lipinski definition) is 3. The van der Waals surface area contributed by atoms with Crippen LogP contribution >= 0.6 is 0 Å². The molecule has 10 nitrogen and oxygen atoms in total. The van der Waals surface area contributed by atoms with Crippen LogP contribution in [0, 0.1) is 5.41 Å². The Balaban J connectivity index is 1.83. The van der Waals surface area contributed by atoms with Gasteiger partial charge in [-0.1, -0.05) is 20.8 Å². The van der Waals surface area contributed by atoms with Crippen LogP contribution in [0.25, 0.3) is 0 Å². The maximum Gasteiger partial charge on any atom is 0.305 e. The van der Waals surface area contributed by atoms with Gasteiger partial charge in [0.15, 0.2) is 17.3 Å². The van der Waals surface area contributed by atoms with E-state index in [0.29, 0.717) is 54.2 Å². The van der Waals surface area contributed by atoms with Gasteiger partial charge in [-0.25, -0.2) is 0 Å². The van der Waals surface area contributed by atoms with E-state index in [2.05, 4.69) is 5.32 Å². The van der Waals surface area contributed by atoms with Crippen LogP contribution in [0.1, 0.15) is 84.9 Å². The Hall–Kier alpha value is -4.08. The first-order valence-corrected chi connectivity index (χ1v) is 13.5. The number of ketones is 1. The van der Waals surface area contributed by atoms with Gasteiger partial charge in [0.25, 0.3) is 5.91 Å². The highest BCUT2D eigenvalue weighted by Crippen LogP contribution is 2.39. The summed E-state index contributed by atoms with van der Waals surface area (Å²) in [5.74, 6) is -0.207. The molecule has 0 atom stereocenters. The van der Waals surface area contributed by atoms with Crippen molar-refractivity contribution < 1.29 is 33.7 Å². The molecule has 2 aromatic carbocycles. The van der Waals surface area contributed by atoms with E-state index in [0.717, 1.165) is 5.56 Å². The molecule has 1 heterocycles. The number of phenolic OH excluding ortho intramolecular Hbond substituents is 1. The molecular formula is C30H39N3O7. The minimum atomic E-state index is -0.480. The number of carbonyl (C=O) groups is 3. The fourth-order valence-corrected chi connectivity index (χ4v) is 4.50. The normalized spacial score (nSPS) is 12.7.